The zero-order valence-corrected chi connectivity index (χ0v) is 12.2. The molecule has 1 aromatic heterocycles. The van der Waals surface area contributed by atoms with Crippen molar-refractivity contribution in [3.8, 4) is 0 Å². The number of thiophene rings is 1. The molecule has 0 bridgehead atoms. The molecule has 2 nitrogen and oxygen atoms in total. The molecule has 0 amide bonds. The first kappa shape index (κ1) is 14.0. The highest BCUT2D eigenvalue weighted by Crippen LogP contribution is 2.25. The van der Waals surface area contributed by atoms with E-state index in [4.69, 9.17) is 4.74 Å². The maximum absolute atomic E-state index is 5.83. The molecule has 1 fully saturated rings. The molecule has 0 unspecified atom stereocenters. The molecule has 1 aliphatic carbocycles. The highest BCUT2D eigenvalue weighted by atomic mass is 32.1. The van der Waals surface area contributed by atoms with Gasteiger partial charge in [-0.05, 0) is 43.9 Å². The summed E-state index contributed by atoms with van der Waals surface area (Å²) in [5.74, 6) is 0.829. The van der Waals surface area contributed by atoms with Crippen molar-refractivity contribution in [2.45, 2.75) is 52.2 Å². The number of nitrogens with one attached hydrogen (secondary N) is 1. The number of rotatable bonds is 8. The van der Waals surface area contributed by atoms with E-state index in [-0.39, 0.29) is 0 Å². The molecule has 1 saturated carbocycles. The van der Waals surface area contributed by atoms with Crippen LogP contribution in [0.15, 0.2) is 12.1 Å². The smallest absolute Gasteiger partial charge is 0.0809 e. The fourth-order valence-corrected chi connectivity index (χ4v) is 3.41. The lowest BCUT2D eigenvalue weighted by Gasteiger charge is -2.08. The molecule has 2 rings (SSSR count). The summed E-state index contributed by atoms with van der Waals surface area (Å²) in [4.78, 5) is 2.78. The summed E-state index contributed by atoms with van der Waals surface area (Å²) in [6.45, 7) is 6.06. The molecule has 1 aromatic rings. The van der Waals surface area contributed by atoms with Crippen molar-refractivity contribution in [3.05, 3.63) is 21.9 Å². The quantitative estimate of drug-likeness (QED) is 0.720. The van der Waals surface area contributed by atoms with Crippen LogP contribution in [0.4, 0.5) is 0 Å². The molecule has 0 saturated heterocycles. The van der Waals surface area contributed by atoms with Crippen LogP contribution in [0.1, 0.15) is 48.8 Å². The monoisotopic (exact) mass is 267 g/mol. The first-order valence-corrected chi connectivity index (χ1v) is 8.06. The number of hydrogen-bond acceptors (Lipinski definition) is 3. The van der Waals surface area contributed by atoms with E-state index in [9.17, 15) is 0 Å². The summed E-state index contributed by atoms with van der Waals surface area (Å²) in [6, 6.07) is 4.43. The minimum atomic E-state index is 0.801. The summed E-state index contributed by atoms with van der Waals surface area (Å²) < 4.78 is 5.83. The summed E-state index contributed by atoms with van der Waals surface area (Å²) in [7, 11) is 0. The molecule has 18 heavy (non-hydrogen) atoms. The minimum absolute atomic E-state index is 0.801. The van der Waals surface area contributed by atoms with Gasteiger partial charge < -0.3 is 10.1 Å². The van der Waals surface area contributed by atoms with Gasteiger partial charge in [-0.1, -0.05) is 19.8 Å². The highest BCUT2D eigenvalue weighted by molar-refractivity contribution is 7.11. The summed E-state index contributed by atoms with van der Waals surface area (Å²) in [5, 5.41) is 3.44. The Morgan fingerprint density at radius 3 is 2.83 bits per heavy atom. The van der Waals surface area contributed by atoms with E-state index < -0.39 is 0 Å². The molecule has 1 heterocycles. The summed E-state index contributed by atoms with van der Waals surface area (Å²) >= 11 is 1.88. The Kier molecular flexibility index (Phi) is 6.18. The molecular weight excluding hydrogens is 242 g/mol. The van der Waals surface area contributed by atoms with Crippen LogP contribution >= 0.6 is 11.3 Å². The molecule has 0 radical (unpaired) electrons. The molecule has 3 heteroatoms. The molecule has 1 aliphatic rings. The average molecular weight is 267 g/mol. The fraction of sp³-hybridized carbons (Fsp3) is 0.733. The standard InChI is InChI=1S/C15H25NOS/c1-2-9-16-10-14-7-8-15(18-14)12-17-11-13-5-3-4-6-13/h7-8,13,16H,2-6,9-12H2,1H3. The van der Waals surface area contributed by atoms with Crippen LogP contribution in [-0.2, 0) is 17.9 Å². The Labute approximate surface area is 115 Å². The largest absolute Gasteiger partial charge is 0.376 e. The predicted octanol–water partition coefficient (Wildman–Crippen LogP) is 3.95. The third-order valence-corrected chi connectivity index (χ3v) is 4.57. The predicted molar refractivity (Wildman–Crippen MR) is 77.9 cm³/mol. The van der Waals surface area contributed by atoms with Crippen LogP contribution in [0.3, 0.4) is 0 Å². The van der Waals surface area contributed by atoms with Gasteiger partial charge in [0.25, 0.3) is 0 Å². The van der Waals surface area contributed by atoms with Gasteiger partial charge in [0.2, 0.25) is 0 Å². The third-order valence-electron chi connectivity index (χ3n) is 3.52. The van der Waals surface area contributed by atoms with E-state index in [1.165, 1.54) is 41.9 Å². The van der Waals surface area contributed by atoms with Crippen LogP contribution in [0, 0.1) is 5.92 Å². The molecule has 0 aliphatic heterocycles. The van der Waals surface area contributed by atoms with E-state index in [0.29, 0.717) is 0 Å². The second-order valence-corrected chi connectivity index (χ2v) is 6.46. The van der Waals surface area contributed by atoms with Gasteiger partial charge in [-0.2, -0.15) is 0 Å². The number of hydrogen-bond donors (Lipinski definition) is 1. The van der Waals surface area contributed by atoms with Gasteiger partial charge in [0.05, 0.1) is 6.61 Å². The van der Waals surface area contributed by atoms with Crippen molar-refractivity contribution < 1.29 is 4.74 Å². The van der Waals surface area contributed by atoms with Crippen molar-refractivity contribution in [1.29, 1.82) is 0 Å². The Morgan fingerprint density at radius 1 is 1.28 bits per heavy atom. The van der Waals surface area contributed by atoms with E-state index in [2.05, 4.69) is 24.4 Å². The van der Waals surface area contributed by atoms with Gasteiger partial charge in [0.15, 0.2) is 0 Å². The van der Waals surface area contributed by atoms with E-state index in [1.807, 2.05) is 11.3 Å². The van der Waals surface area contributed by atoms with Gasteiger partial charge in [0.1, 0.15) is 0 Å². The van der Waals surface area contributed by atoms with Crippen LogP contribution in [-0.4, -0.2) is 13.2 Å². The van der Waals surface area contributed by atoms with Crippen molar-refractivity contribution in [2.24, 2.45) is 5.92 Å². The zero-order chi connectivity index (χ0) is 12.6. The molecule has 0 aromatic carbocycles. The topological polar surface area (TPSA) is 21.3 Å². The molecular formula is C15H25NOS. The molecule has 0 spiro atoms. The van der Waals surface area contributed by atoms with Crippen LogP contribution < -0.4 is 5.32 Å². The second-order valence-electron chi connectivity index (χ2n) is 5.21. The van der Waals surface area contributed by atoms with Crippen molar-refractivity contribution in [1.82, 2.24) is 5.32 Å². The van der Waals surface area contributed by atoms with Crippen LogP contribution in [0.5, 0.6) is 0 Å². The van der Waals surface area contributed by atoms with Gasteiger partial charge in [0, 0.05) is 22.9 Å². The Hall–Kier alpha value is -0.380. The Morgan fingerprint density at radius 2 is 2.06 bits per heavy atom. The lowest BCUT2D eigenvalue weighted by Crippen LogP contribution is -2.12. The maximum Gasteiger partial charge on any atom is 0.0809 e. The minimum Gasteiger partial charge on any atom is -0.376 e. The van der Waals surface area contributed by atoms with Gasteiger partial charge in [-0.25, -0.2) is 0 Å². The van der Waals surface area contributed by atoms with Crippen molar-refractivity contribution >= 4 is 11.3 Å². The maximum atomic E-state index is 5.83. The SMILES string of the molecule is CCCNCc1ccc(COCC2CCCC2)s1. The third kappa shape index (κ3) is 4.71. The summed E-state index contributed by atoms with van der Waals surface area (Å²) in [6.07, 6.45) is 6.75. The second kappa shape index (κ2) is 7.93. The highest BCUT2D eigenvalue weighted by Gasteiger charge is 2.14. The lowest BCUT2D eigenvalue weighted by atomic mass is 10.1. The fourth-order valence-electron chi connectivity index (χ4n) is 2.49. The van der Waals surface area contributed by atoms with Gasteiger partial charge in [-0.3, -0.25) is 0 Å². The van der Waals surface area contributed by atoms with Gasteiger partial charge in [-0.15, -0.1) is 11.3 Å². The lowest BCUT2D eigenvalue weighted by molar-refractivity contribution is 0.0906. The first-order valence-electron chi connectivity index (χ1n) is 7.24. The van der Waals surface area contributed by atoms with E-state index in [1.54, 1.807) is 0 Å². The molecule has 102 valence electrons. The Bertz CT molecular complexity index is 331. The van der Waals surface area contributed by atoms with Crippen molar-refractivity contribution in [3.63, 3.8) is 0 Å². The first-order chi connectivity index (χ1) is 8.88. The van der Waals surface area contributed by atoms with Crippen molar-refractivity contribution in [2.75, 3.05) is 13.2 Å². The molecule has 1 N–H and O–H groups in total. The Balaban J connectivity index is 1.63. The summed E-state index contributed by atoms with van der Waals surface area (Å²) in [5.41, 5.74) is 0. The van der Waals surface area contributed by atoms with E-state index in [0.717, 1.165) is 32.2 Å². The molecule has 0 atom stereocenters. The van der Waals surface area contributed by atoms with Gasteiger partial charge >= 0.3 is 0 Å². The van der Waals surface area contributed by atoms with E-state index >= 15 is 0 Å². The number of ether oxygens (including phenoxy) is 1. The average Bonchev–Trinajstić information content (AvgIpc) is 3.01. The van der Waals surface area contributed by atoms with Crippen LogP contribution in [0.2, 0.25) is 0 Å². The zero-order valence-electron chi connectivity index (χ0n) is 11.4. The normalized spacial score (nSPS) is 16.5. The van der Waals surface area contributed by atoms with Crippen LogP contribution in [0.25, 0.3) is 0 Å².